The monoisotopic (exact) mass is 383 g/mol. The minimum absolute atomic E-state index is 0.122. The Morgan fingerprint density at radius 1 is 0.828 bits per heavy atom. The molecule has 2 amide bonds. The van der Waals surface area contributed by atoms with Crippen molar-refractivity contribution < 1.29 is 14.3 Å². The van der Waals surface area contributed by atoms with Gasteiger partial charge >= 0.3 is 0 Å². The van der Waals surface area contributed by atoms with Gasteiger partial charge < -0.3 is 4.74 Å². The van der Waals surface area contributed by atoms with Crippen molar-refractivity contribution in [1.82, 2.24) is 0 Å². The molecule has 29 heavy (non-hydrogen) atoms. The summed E-state index contributed by atoms with van der Waals surface area (Å²) in [7, 11) is 1.57. The van der Waals surface area contributed by atoms with Crippen LogP contribution in [0.5, 0.6) is 5.75 Å². The quantitative estimate of drug-likeness (QED) is 0.630. The van der Waals surface area contributed by atoms with Gasteiger partial charge in [0.2, 0.25) is 11.8 Å². The highest BCUT2D eigenvalue weighted by atomic mass is 16.5. The Kier molecular flexibility index (Phi) is 3.85. The number of hydrogen-bond donors (Lipinski definition) is 0. The lowest BCUT2D eigenvalue weighted by atomic mass is 9.79. The molecule has 0 aromatic heterocycles. The lowest BCUT2D eigenvalue weighted by Gasteiger charge is -2.23. The number of benzene rings is 3. The summed E-state index contributed by atoms with van der Waals surface area (Å²) >= 11 is 0. The lowest BCUT2D eigenvalue weighted by molar-refractivity contribution is -0.123. The number of imide groups is 1. The first-order valence-electron chi connectivity index (χ1n) is 9.75. The first-order valence-corrected chi connectivity index (χ1v) is 9.75. The maximum Gasteiger partial charge on any atom is 0.241 e. The third-order valence-electron chi connectivity index (χ3n) is 6.42. The summed E-state index contributed by atoms with van der Waals surface area (Å²) in [4.78, 5) is 28.1. The Hall–Kier alpha value is -3.40. The van der Waals surface area contributed by atoms with Gasteiger partial charge in [-0.25, -0.2) is 4.90 Å². The standard InChI is InChI=1S/C25H21NO3/c1-29-21-14-8-13-20(15-21)26-22(27)16-24(23(26)28)17-25(24,18-9-4-2-5-10-18)19-11-6-3-7-12-19/h2-15H,16-17H2,1H3/t24-/m0/s1. The molecular weight excluding hydrogens is 362 g/mol. The van der Waals surface area contributed by atoms with Crippen LogP contribution in [-0.4, -0.2) is 18.9 Å². The number of carbonyl (C=O) groups excluding carboxylic acids is 2. The number of amides is 2. The van der Waals surface area contributed by atoms with Gasteiger partial charge in [-0.05, 0) is 29.7 Å². The summed E-state index contributed by atoms with van der Waals surface area (Å²) in [6.45, 7) is 0. The van der Waals surface area contributed by atoms with Gasteiger partial charge in [-0.15, -0.1) is 0 Å². The van der Waals surface area contributed by atoms with E-state index >= 15 is 0 Å². The highest BCUT2D eigenvalue weighted by Gasteiger charge is 2.77. The zero-order chi connectivity index (χ0) is 20.1. The van der Waals surface area contributed by atoms with Crippen molar-refractivity contribution in [3.05, 3.63) is 96.1 Å². The van der Waals surface area contributed by atoms with Crippen LogP contribution in [0, 0.1) is 5.41 Å². The number of anilines is 1. The first-order chi connectivity index (χ1) is 14.1. The third-order valence-corrected chi connectivity index (χ3v) is 6.42. The van der Waals surface area contributed by atoms with Crippen molar-refractivity contribution in [3.63, 3.8) is 0 Å². The smallest absolute Gasteiger partial charge is 0.241 e. The fraction of sp³-hybridized carbons (Fsp3) is 0.200. The van der Waals surface area contributed by atoms with Crippen molar-refractivity contribution in [3.8, 4) is 5.75 Å². The van der Waals surface area contributed by atoms with Crippen LogP contribution in [0.15, 0.2) is 84.9 Å². The molecule has 3 aromatic rings. The number of rotatable bonds is 4. The van der Waals surface area contributed by atoms with Gasteiger partial charge in [0.25, 0.3) is 0 Å². The van der Waals surface area contributed by atoms with E-state index < -0.39 is 10.8 Å². The van der Waals surface area contributed by atoms with Crippen LogP contribution in [0.3, 0.4) is 0 Å². The molecular formula is C25H21NO3. The van der Waals surface area contributed by atoms with Crippen LogP contribution in [0.4, 0.5) is 5.69 Å². The molecule has 144 valence electrons. The maximum absolute atomic E-state index is 13.7. The zero-order valence-electron chi connectivity index (χ0n) is 16.2. The highest BCUT2D eigenvalue weighted by molar-refractivity contribution is 6.25. The molecule has 5 rings (SSSR count). The number of methoxy groups -OCH3 is 1. The minimum Gasteiger partial charge on any atom is -0.497 e. The predicted molar refractivity (Wildman–Crippen MR) is 111 cm³/mol. The molecule has 1 heterocycles. The Bertz CT molecular complexity index is 1050. The fourth-order valence-electron chi connectivity index (χ4n) is 5.00. The van der Waals surface area contributed by atoms with Crippen LogP contribution in [0.2, 0.25) is 0 Å². The topological polar surface area (TPSA) is 46.6 Å². The van der Waals surface area contributed by atoms with Crippen LogP contribution in [-0.2, 0) is 15.0 Å². The second-order valence-corrected chi connectivity index (χ2v) is 7.81. The summed E-state index contributed by atoms with van der Waals surface area (Å²) in [6.07, 6.45) is 0.853. The molecule has 0 N–H and O–H groups in total. The van der Waals surface area contributed by atoms with Gasteiger partial charge in [-0.1, -0.05) is 66.7 Å². The predicted octanol–water partition coefficient (Wildman–Crippen LogP) is 4.33. The largest absolute Gasteiger partial charge is 0.497 e. The summed E-state index contributed by atoms with van der Waals surface area (Å²) in [5, 5.41) is 0. The number of hydrogen-bond acceptors (Lipinski definition) is 3. The van der Waals surface area contributed by atoms with E-state index in [9.17, 15) is 9.59 Å². The van der Waals surface area contributed by atoms with Crippen molar-refractivity contribution in [2.45, 2.75) is 18.3 Å². The first kappa shape index (κ1) is 17.7. The van der Waals surface area contributed by atoms with Crippen LogP contribution in [0.25, 0.3) is 0 Å². The summed E-state index contributed by atoms with van der Waals surface area (Å²) in [6, 6.07) is 27.3. The molecule has 3 aromatic carbocycles. The molecule has 1 atom stereocenters. The Balaban J connectivity index is 1.62. The Labute approximate surface area is 169 Å². The SMILES string of the molecule is COc1cccc(N2C(=O)C[C@]3(CC3(c3ccccc3)c3ccccc3)C2=O)c1. The number of carbonyl (C=O) groups is 2. The lowest BCUT2D eigenvalue weighted by Crippen LogP contribution is -2.33. The summed E-state index contributed by atoms with van der Waals surface area (Å²) in [5.41, 5.74) is 1.52. The van der Waals surface area contributed by atoms with E-state index in [0.29, 0.717) is 17.9 Å². The molecule has 1 aliphatic carbocycles. The van der Waals surface area contributed by atoms with Crippen molar-refractivity contribution in [1.29, 1.82) is 0 Å². The third kappa shape index (κ3) is 2.38. The second-order valence-electron chi connectivity index (χ2n) is 7.81. The summed E-state index contributed by atoms with van der Waals surface area (Å²) in [5.74, 6) is 0.345. The van der Waals surface area contributed by atoms with E-state index in [1.165, 1.54) is 4.90 Å². The molecule has 4 nitrogen and oxygen atoms in total. The van der Waals surface area contributed by atoms with Crippen LogP contribution < -0.4 is 9.64 Å². The van der Waals surface area contributed by atoms with Gasteiger partial charge in [0.1, 0.15) is 5.75 Å². The van der Waals surface area contributed by atoms with Gasteiger partial charge in [-0.3, -0.25) is 9.59 Å². The molecule has 0 unspecified atom stereocenters. The van der Waals surface area contributed by atoms with E-state index in [0.717, 1.165) is 11.1 Å². The molecule has 0 radical (unpaired) electrons. The van der Waals surface area contributed by atoms with Crippen LogP contribution in [0.1, 0.15) is 24.0 Å². The van der Waals surface area contributed by atoms with E-state index in [1.807, 2.05) is 36.4 Å². The summed E-state index contributed by atoms with van der Waals surface area (Å²) < 4.78 is 5.28. The molecule has 1 aliphatic heterocycles. The van der Waals surface area contributed by atoms with E-state index in [1.54, 1.807) is 31.4 Å². The molecule has 1 spiro atoms. The van der Waals surface area contributed by atoms with Gasteiger partial charge in [0.15, 0.2) is 0 Å². The minimum atomic E-state index is -0.740. The van der Waals surface area contributed by atoms with E-state index in [4.69, 9.17) is 4.74 Å². The van der Waals surface area contributed by atoms with Crippen molar-refractivity contribution >= 4 is 17.5 Å². The second kappa shape index (κ2) is 6.31. The van der Waals surface area contributed by atoms with E-state index in [2.05, 4.69) is 24.3 Å². The average Bonchev–Trinajstić information content (AvgIpc) is 3.38. The van der Waals surface area contributed by atoms with Gasteiger partial charge in [0.05, 0.1) is 18.2 Å². The number of ether oxygens (including phenoxy) is 1. The average molecular weight is 383 g/mol. The Morgan fingerprint density at radius 2 is 1.45 bits per heavy atom. The highest BCUT2D eigenvalue weighted by Crippen LogP contribution is 2.72. The molecule has 2 fully saturated rings. The maximum atomic E-state index is 13.7. The normalized spacial score (nSPS) is 22.2. The Morgan fingerprint density at radius 3 is 2.03 bits per heavy atom. The molecule has 4 heteroatoms. The zero-order valence-corrected chi connectivity index (χ0v) is 16.2. The molecule has 2 aliphatic rings. The van der Waals surface area contributed by atoms with Gasteiger partial charge in [-0.2, -0.15) is 0 Å². The number of nitrogens with zero attached hydrogens (tertiary/aromatic N) is 1. The van der Waals surface area contributed by atoms with Crippen molar-refractivity contribution in [2.75, 3.05) is 12.0 Å². The fourth-order valence-corrected chi connectivity index (χ4v) is 5.00. The molecule has 1 saturated heterocycles. The molecule has 1 saturated carbocycles. The molecule has 0 bridgehead atoms. The van der Waals surface area contributed by atoms with Crippen molar-refractivity contribution in [2.24, 2.45) is 5.41 Å². The van der Waals surface area contributed by atoms with Gasteiger partial charge in [0, 0.05) is 17.9 Å². The van der Waals surface area contributed by atoms with Crippen LogP contribution >= 0.6 is 0 Å². The van der Waals surface area contributed by atoms with E-state index in [-0.39, 0.29) is 18.2 Å².